The van der Waals surface area contributed by atoms with Crippen molar-refractivity contribution in [3.05, 3.63) is 89.5 Å². The van der Waals surface area contributed by atoms with E-state index in [9.17, 15) is 9.59 Å². The van der Waals surface area contributed by atoms with Gasteiger partial charge in [-0.15, -0.1) is 0 Å². The van der Waals surface area contributed by atoms with Crippen LogP contribution < -0.4 is 14.8 Å². The first kappa shape index (κ1) is 21.1. The molecule has 0 saturated heterocycles. The maximum absolute atomic E-state index is 13.8. The number of carbonyl (C=O) groups excluding carboxylic acids is 2. The Morgan fingerprint density at radius 3 is 2.33 bits per heavy atom. The zero-order valence-electron chi connectivity index (χ0n) is 18.7. The molecule has 3 aromatic rings. The molecule has 1 aliphatic carbocycles. The Bertz CT molecular complexity index is 1190. The smallest absolute Gasteiger partial charge is 0.254 e. The Morgan fingerprint density at radius 1 is 0.909 bits per heavy atom. The first-order valence-electron chi connectivity index (χ1n) is 11.1. The summed E-state index contributed by atoms with van der Waals surface area (Å²) >= 11 is 0. The van der Waals surface area contributed by atoms with Gasteiger partial charge in [0.15, 0.2) is 0 Å². The van der Waals surface area contributed by atoms with E-state index in [-0.39, 0.29) is 17.9 Å². The SMILES string of the molecule is COc1ccc(NC(=O)[C@H]2c3ccccc3C(=O)N(C3CC3)[C@@H]2c2cccc(OC)c2)cc1. The maximum Gasteiger partial charge on any atom is 0.254 e. The molecule has 0 unspecified atom stereocenters. The highest BCUT2D eigenvalue weighted by molar-refractivity contribution is 6.04. The summed E-state index contributed by atoms with van der Waals surface area (Å²) in [5.41, 5.74) is 2.91. The maximum atomic E-state index is 13.8. The fraction of sp³-hybridized carbons (Fsp3) is 0.259. The van der Waals surface area contributed by atoms with Gasteiger partial charge in [0.1, 0.15) is 11.5 Å². The van der Waals surface area contributed by atoms with Gasteiger partial charge < -0.3 is 19.7 Å². The Kier molecular flexibility index (Phi) is 5.50. The van der Waals surface area contributed by atoms with E-state index in [0.717, 1.165) is 29.7 Å². The number of rotatable bonds is 6. The van der Waals surface area contributed by atoms with E-state index in [1.165, 1.54) is 0 Å². The summed E-state index contributed by atoms with van der Waals surface area (Å²) < 4.78 is 10.7. The lowest BCUT2D eigenvalue weighted by Crippen LogP contribution is -2.47. The number of hydrogen-bond donors (Lipinski definition) is 1. The Morgan fingerprint density at radius 2 is 1.64 bits per heavy atom. The van der Waals surface area contributed by atoms with Crippen LogP contribution in [0, 0.1) is 0 Å². The lowest BCUT2D eigenvalue weighted by Gasteiger charge is -2.42. The zero-order valence-corrected chi connectivity index (χ0v) is 18.7. The molecule has 0 aromatic heterocycles. The summed E-state index contributed by atoms with van der Waals surface area (Å²) in [6.07, 6.45) is 1.89. The molecule has 1 saturated carbocycles. The molecule has 1 N–H and O–H groups in total. The van der Waals surface area contributed by atoms with Crippen LogP contribution in [-0.4, -0.2) is 37.0 Å². The average Bonchev–Trinajstić information content (AvgIpc) is 3.69. The standard InChI is InChI=1S/C27H26N2O4/c1-32-20-14-10-18(11-15-20)28-26(30)24-22-8-3-4-9-23(22)27(31)29(19-12-13-19)25(24)17-6-5-7-21(16-17)33-2/h3-11,14-16,19,24-25H,12-13H2,1-2H3,(H,28,30)/t24-,25+/m0/s1. The van der Waals surface area contributed by atoms with Gasteiger partial charge in [-0.2, -0.15) is 0 Å². The lowest BCUT2D eigenvalue weighted by atomic mass is 9.79. The molecule has 1 aliphatic heterocycles. The minimum atomic E-state index is -0.561. The van der Waals surface area contributed by atoms with Gasteiger partial charge in [-0.1, -0.05) is 30.3 Å². The minimum Gasteiger partial charge on any atom is -0.497 e. The van der Waals surface area contributed by atoms with Crippen LogP contribution in [0.25, 0.3) is 0 Å². The summed E-state index contributed by atoms with van der Waals surface area (Å²) in [6.45, 7) is 0. The molecule has 168 valence electrons. The first-order valence-corrected chi connectivity index (χ1v) is 11.1. The number of nitrogens with one attached hydrogen (secondary N) is 1. The topological polar surface area (TPSA) is 67.9 Å². The predicted molar refractivity (Wildman–Crippen MR) is 126 cm³/mol. The van der Waals surface area contributed by atoms with Gasteiger partial charge in [-0.05, 0) is 66.4 Å². The van der Waals surface area contributed by atoms with Gasteiger partial charge in [0.2, 0.25) is 5.91 Å². The van der Waals surface area contributed by atoms with E-state index in [4.69, 9.17) is 9.47 Å². The van der Waals surface area contributed by atoms with Crippen molar-refractivity contribution in [3.8, 4) is 11.5 Å². The van der Waals surface area contributed by atoms with Crippen LogP contribution in [0.15, 0.2) is 72.8 Å². The van der Waals surface area contributed by atoms with Crippen LogP contribution in [0.2, 0.25) is 0 Å². The van der Waals surface area contributed by atoms with Gasteiger partial charge in [0.25, 0.3) is 5.91 Å². The fourth-order valence-corrected chi connectivity index (χ4v) is 4.66. The highest BCUT2D eigenvalue weighted by Crippen LogP contribution is 2.48. The molecular weight excluding hydrogens is 416 g/mol. The molecule has 6 heteroatoms. The molecule has 0 spiro atoms. The van der Waals surface area contributed by atoms with E-state index in [2.05, 4.69) is 5.32 Å². The first-order chi connectivity index (χ1) is 16.1. The molecule has 33 heavy (non-hydrogen) atoms. The predicted octanol–water partition coefficient (Wildman–Crippen LogP) is 4.79. The molecule has 3 aromatic carbocycles. The van der Waals surface area contributed by atoms with E-state index in [1.54, 1.807) is 14.2 Å². The number of fused-ring (bicyclic) bond motifs is 1. The van der Waals surface area contributed by atoms with E-state index in [1.807, 2.05) is 77.7 Å². The van der Waals surface area contributed by atoms with Crippen molar-refractivity contribution < 1.29 is 19.1 Å². The molecule has 6 nitrogen and oxygen atoms in total. The fourth-order valence-electron chi connectivity index (χ4n) is 4.66. The number of ether oxygens (including phenoxy) is 2. The van der Waals surface area contributed by atoms with Crippen molar-refractivity contribution in [2.24, 2.45) is 0 Å². The Balaban J connectivity index is 1.60. The van der Waals surface area contributed by atoms with Crippen LogP contribution in [0.4, 0.5) is 5.69 Å². The quantitative estimate of drug-likeness (QED) is 0.596. The van der Waals surface area contributed by atoms with Crippen molar-refractivity contribution in [3.63, 3.8) is 0 Å². The van der Waals surface area contributed by atoms with Crippen molar-refractivity contribution >= 4 is 17.5 Å². The lowest BCUT2D eigenvalue weighted by molar-refractivity contribution is -0.119. The number of carbonyl (C=O) groups is 2. The second-order valence-electron chi connectivity index (χ2n) is 8.45. The molecule has 1 fully saturated rings. The molecule has 2 atom stereocenters. The highest BCUT2D eigenvalue weighted by Gasteiger charge is 2.49. The van der Waals surface area contributed by atoms with Crippen LogP contribution in [0.1, 0.15) is 46.3 Å². The van der Waals surface area contributed by atoms with Crippen LogP contribution >= 0.6 is 0 Å². The van der Waals surface area contributed by atoms with Crippen LogP contribution in [-0.2, 0) is 4.79 Å². The van der Waals surface area contributed by atoms with Gasteiger partial charge in [0, 0.05) is 17.3 Å². The number of amides is 2. The largest absolute Gasteiger partial charge is 0.497 e. The van der Waals surface area contributed by atoms with Crippen LogP contribution in [0.5, 0.6) is 11.5 Å². The van der Waals surface area contributed by atoms with Gasteiger partial charge in [-0.25, -0.2) is 0 Å². The minimum absolute atomic E-state index is 0.0191. The number of nitrogens with zero attached hydrogens (tertiary/aromatic N) is 1. The highest BCUT2D eigenvalue weighted by atomic mass is 16.5. The summed E-state index contributed by atoms with van der Waals surface area (Å²) in [4.78, 5) is 29.3. The third-order valence-corrected chi connectivity index (χ3v) is 6.39. The summed E-state index contributed by atoms with van der Waals surface area (Å²) in [5, 5.41) is 3.06. The molecule has 1 heterocycles. The second-order valence-corrected chi connectivity index (χ2v) is 8.45. The Hall–Kier alpha value is -3.80. The van der Waals surface area contributed by atoms with E-state index >= 15 is 0 Å². The summed E-state index contributed by atoms with van der Waals surface area (Å²) in [5.74, 6) is 0.682. The monoisotopic (exact) mass is 442 g/mol. The van der Waals surface area contributed by atoms with Gasteiger partial charge >= 0.3 is 0 Å². The van der Waals surface area contributed by atoms with E-state index in [0.29, 0.717) is 17.0 Å². The molecule has 2 amide bonds. The second kappa shape index (κ2) is 8.62. The zero-order chi connectivity index (χ0) is 22.9. The van der Waals surface area contributed by atoms with E-state index < -0.39 is 12.0 Å². The summed E-state index contributed by atoms with van der Waals surface area (Å²) in [6, 6.07) is 22.1. The average molecular weight is 443 g/mol. The molecule has 5 rings (SSSR count). The van der Waals surface area contributed by atoms with Crippen molar-refractivity contribution in [1.29, 1.82) is 0 Å². The molecule has 0 radical (unpaired) electrons. The normalized spacial score (nSPS) is 19.6. The number of methoxy groups -OCH3 is 2. The Labute approximate surface area is 193 Å². The third kappa shape index (κ3) is 3.93. The van der Waals surface area contributed by atoms with Crippen molar-refractivity contribution in [2.45, 2.75) is 30.8 Å². The van der Waals surface area contributed by atoms with Gasteiger partial charge in [0.05, 0.1) is 26.2 Å². The van der Waals surface area contributed by atoms with Gasteiger partial charge in [-0.3, -0.25) is 9.59 Å². The number of anilines is 1. The van der Waals surface area contributed by atoms with Crippen molar-refractivity contribution in [1.82, 2.24) is 4.90 Å². The molecule has 2 aliphatic rings. The van der Waals surface area contributed by atoms with Crippen molar-refractivity contribution in [2.75, 3.05) is 19.5 Å². The molecule has 0 bridgehead atoms. The summed E-state index contributed by atoms with van der Waals surface area (Å²) in [7, 11) is 3.22. The number of hydrogen-bond acceptors (Lipinski definition) is 4. The van der Waals surface area contributed by atoms with Crippen LogP contribution in [0.3, 0.4) is 0 Å². The third-order valence-electron chi connectivity index (χ3n) is 6.39. The molecular formula is C27H26N2O4. The number of benzene rings is 3.